The number of methoxy groups -OCH3 is 1. The zero-order valence-corrected chi connectivity index (χ0v) is 12.0. The Morgan fingerprint density at radius 1 is 1.45 bits per heavy atom. The number of hydrogen-bond donors (Lipinski definition) is 0. The van der Waals surface area contributed by atoms with Gasteiger partial charge in [0.25, 0.3) is 0 Å². The number of carbonyl (C=O) groups excluding carboxylic acids is 1. The van der Waals surface area contributed by atoms with E-state index in [-0.39, 0.29) is 11.9 Å². The van der Waals surface area contributed by atoms with E-state index in [1.807, 2.05) is 6.07 Å². The second-order valence-corrected chi connectivity index (χ2v) is 5.60. The van der Waals surface area contributed by atoms with Crippen molar-refractivity contribution in [2.45, 2.75) is 44.3 Å². The summed E-state index contributed by atoms with van der Waals surface area (Å²) >= 11 is 0. The lowest BCUT2D eigenvalue weighted by atomic mass is 9.81. The van der Waals surface area contributed by atoms with Crippen LogP contribution in [0.1, 0.15) is 43.0 Å². The van der Waals surface area contributed by atoms with Crippen molar-refractivity contribution in [1.29, 1.82) is 0 Å². The minimum Gasteiger partial charge on any atom is -0.497 e. The van der Waals surface area contributed by atoms with Crippen LogP contribution in [0.25, 0.3) is 0 Å². The molecule has 0 aromatic heterocycles. The molecule has 2 atom stereocenters. The molecule has 4 nitrogen and oxygen atoms in total. The van der Waals surface area contributed by atoms with E-state index < -0.39 is 5.60 Å². The highest BCUT2D eigenvalue weighted by Crippen LogP contribution is 2.41. The molecule has 3 rings (SSSR count). The molecule has 0 radical (unpaired) electrons. The number of rotatable bonds is 2. The summed E-state index contributed by atoms with van der Waals surface area (Å²) in [5, 5.41) is 0. The van der Waals surface area contributed by atoms with Gasteiger partial charge < -0.3 is 14.2 Å². The zero-order valence-electron chi connectivity index (χ0n) is 12.0. The SMILES string of the molecule is CCC1CC2(CCO1)CC(=O)c1ccc(OC)cc1O2. The predicted molar refractivity (Wildman–Crippen MR) is 74.6 cm³/mol. The molecule has 0 N–H and O–H groups in total. The molecule has 1 saturated heterocycles. The molecule has 4 heteroatoms. The Balaban J connectivity index is 1.92. The molecular formula is C16H20O4. The first-order valence-electron chi connectivity index (χ1n) is 7.17. The summed E-state index contributed by atoms with van der Waals surface area (Å²) in [6, 6.07) is 5.40. The Morgan fingerprint density at radius 2 is 2.30 bits per heavy atom. The first-order chi connectivity index (χ1) is 9.65. The fourth-order valence-electron chi connectivity index (χ4n) is 3.10. The van der Waals surface area contributed by atoms with Crippen molar-refractivity contribution in [2.24, 2.45) is 0 Å². The van der Waals surface area contributed by atoms with Gasteiger partial charge in [-0.1, -0.05) is 6.92 Å². The molecule has 2 aliphatic rings. The van der Waals surface area contributed by atoms with Crippen molar-refractivity contribution < 1.29 is 19.0 Å². The highest BCUT2D eigenvalue weighted by atomic mass is 16.5. The lowest BCUT2D eigenvalue weighted by molar-refractivity contribution is -0.0922. The van der Waals surface area contributed by atoms with Gasteiger partial charge in [-0.25, -0.2) is 0 Å². The average Bonchev–Trinajstić information content (AvgIpc) is 2.46. The van der Waals surface area contributed by atoms with Crippen LogP contribution >= 0.6 is 0 Å². The highest BCUT2D eigenvalue weighted by Gasteiger charge is 2.44. The van der Waals surface area contributed by atoms with Crippen molar-refractivity contribution in [1.82, 2.24) is 0 Å². The molecule has 2 unspecified atom stereocenters. The van der Waals surface area contributed by atoms with Crippen LogP contribution in [0.3, 0.4) is 0 Å². The molecule has 20 heavy (non-hydrogen) atoms. The highest BCUT2D eigenvalue weighted by molar-refractivity contribution is 6.00. The Kier molecular flexibility index (Phi) is 3.42. The van der Waals surface area contributed by atoms with E-state index in [1.165, 1.54) is 0 Å². The quantitative estimate of drug-likeness (QED) is 0.833. The number of ketones is 1. The third-order valence-electron chi connectivity index (χ3n) is 4.26. The molecule has 0 bridgehead atoms. The Morgan fingerprint density at radius 3 is 3.05 bits per heavy atom. The smallest absolute Gasteiger partial charge is 0.170 e. The van der Waals surface area contributed by atoms with Gasteiger partial charge in [0.15, 0.2) is 5.78 Å². The van der Waals surface area contributed by atoms with E-state index in [4.69, 9.17) is 14.2 Å². The van der Waals surface area contributed by atoms with Gasteiger partial charge in [0.05, 0.1) is 31.8 Å². The number of Topliss-reactive ketones (excluding diaryl/α,β-unsaturated/α-hetero) is 1. The Bertz CT molecular complexity index is 525. The second-order valence-electron chi connectivity index (χ2n) is 5.60. The van der Waals surface area contributed by atoms with E-state index in [1.54, 1.807) is 19.2 Å². The zero-order chi connectivity index (χ0) is 14.2. The summed E-state index contributed by atoms with van der Waals surface area (Å²) in [5.41, 5.74) is 0.269. The summed E-state index contributed by atoms with van der Waals surface area (Å²) in [6.07, 6.45) is 3.14. The molecule has 2 aliphatic heterocycles. The van der Waals surface area contributed by atoms with Gasteiger partial charge in [-0.15, -0.1) is 0 Å². The van der Waals surface area contributed by atoms with E-state index in [2.05, 4.69) is 6.92 Å². The van der Waals surface area contributed by atoms with Crippen molar-refractivity contribution >= 4 is 5.78 Å². The maximum atomic E-state index is 12.4. The molecule has 1 aromatic carbocycles. The molecule has 1 aromatic rings. The summed E-state index contributed by atoms with van der Waals surface area (Å²) in [7, 11) is 1.61. The summed E-state index contributed by atoms with van der Waals surface area (Å²) in [5.74, 6) is 1.52. The van der Waals surface area contributed by atoms with E-state index >= 15 is 0 Å². The molecule has 1 fully saturated rings. The molecule has 0 amide bonds. The Hall–Kier alpha value is -1.55. The van der Waals surface area contributed by atoms with Crippen LogP contribution in [-0.2, 0) is 4.74 Å². The average molecular weight is 276 g/mol. The fraction of sp³-hybridized carbons (Fsp3) is 0.562. The van der Waals surface area contributed by atoms with Gasteiger partial charge >= 0.3 is 0 Å². The van der Waals surface area contributed by atoms with Crippen molar-refractivity contribution in [3.05, 3.63) is 23.8 Å². The van der Waals surface area contributed by atoms with E-state index in [0.717, 1.165) is 19.3 Å². The van der Waals surface area contributed by atoms with Crippen LogP contribution in [0.15, 0.2) is 18.2 Å². The standard InChI is InChI=1S/C16H20O4/c1-3-11-9-16(6-7-19-11)10-14(17)13-5-4-12(18-2)8-15(13)20-16/h4-5,8,11H,3,6-7,9-10H2,1-2H3. The molecule has 108 valence electrons. The van der Waals surface area contributed by atoms with Crippen molar-refractivity contribution in [3.8, 4) is 11.5 Å². The number of fused-ring (bicyclic) bond motifs is 1. The summed E-state index contributed by atoms with van der Waals surface area (Å²) in [6.45, 7) is 2.76. The van der Waals surface area contributed by atoms with Crippen LogP contribution in [0.5, 0.6) is 11.5 Å². The molecular weight excluding hydrogens is 256 g/mol. The predicted octanol–water partition coefficient (Wildman–Crippen LogP) is 2.99. The van der Waals surface area contributed by atoms with Crippen LogP contribution in [0.4, 0.5) is 0 Å². The maximum Gasteiger partial charge on any atom is 0.170 e. The van der Waals surface area contributed by atoms with Crippen molar-refractivity contribution in [2.75, 3.05) is 13.7 Å². The molecule has 0 saturated carbocycles. The number of benzene rings is 1. The van der Waals surface area contributed by atoms with Gasteiger partial charge in [-0.05, 0) is 18.6 Å². The first-order valence-corrected chi connectivity index (χ1v) is 7.17. The largest absolute Gasteiger partial charge is 0.497 e. The number of ether oxygens (including phenoxy) is 3. The van der Waals surface area contributed by atoms with E-state index in [0.29, 0.717) is 30.1 Å². The first kappa shape index (κ1) is 13.4. The summed E-state index contributed by atoms with van der Waals surface area (Å²) in [4.78, 5) is 12.4. The fourth-order valence-corrected chi connectivity index (χ4v) is 3.10. The van der Waals surface area contributed by atoms with Crippen LogP contribution in [-0.4, -0.2) is 31.2 Å². The van der Waals surface area contributed by atoms with Crippen molar-refractivity contribution in [3.63, 3.8) is 0 Å². The molecule has 2 heterocycles. The second kappa shape index (κ2) is 5.09. The third kappa shape index (κ3) is 2.29. The van der Waals surface area contributed by atoms with Crippen LogP contribution in [0, 0.1) is 0 Å². The minimum atomic E-state index is -0.393. The van der Waals surface area contributed by atoms with Gasteiger partial charge in [0.1, 0.15) is 17.1 Å². The summed E-state index contributed by atoms with van der Waals surface area (Å²) < 4.78 is 17.1. The lowest BCUT2D eigenvalue weighted by Crippen LogP contribution is -2.49. The number of hydrogen-bond acceptors (Lipinski definition) is 4. The van der Waals surface area contributed by atoms with Gasteiger partial charge in [0, 0.05) is 18.9 Å². The van der Waals surface area contributed by atoms with Gasteiger partial charge in [0.2, 0.25) is 0 Å². The monoisotopic (exact) mass is 276 g/mol. The number of carbonyl (C=O) groups is 1. The minimum absolute atomic E-state index is 0.158. The van der Waals surface area contributed by atoms with Crippen LogP contribution in [0.2, 0.25) is 0 Å². The lowest BCUT2D eigenvalue weighted by Gasteiger charge is -2.43. The third-order valence-corrected chi connectivity index (χ3v) is 4.26. The molecule has 0 aliphatic carbocycles. The van der Waals surface area contributed by atoms with Crippen LogP contribution < -0.4 is 9.47 Å². The maximum absolute atomic E-state index is 12.4. The normalized spacial score (nSPS) is 28.9. The topological polar surface area (TPSA) is 44.8 Å². The Labute approximate surface area is 119 Å². The van der Waals surface area contributed by atoms with Gasteiger partial charge in [-0.2, -0.15) is 0 Å². The molecule has 1 spiro atoms. The van der Waals surface area contributed by atoms with Gasteiger partial charge in [-0.3, -0.25) is 4.79 Å². The van der Waals surface area contributed by atoms with E-state index in [9.17, 15) is 4.79 Å².